The lowest BCUT2D eigenvalue weighted by Gasteiger charge is -2.03. The second-order valence-electron chi connectivity index (χ2n) is 5.79. The third kappa shape index (κ3) is 2.28. The third-order valence-electron chi connectivity index (χ3n) is 4.12. The van der Waals surface area contributed by atoms with Crippen LogP contribution in [0, 0.1) is 5.92 Å². The smallest absolute Gasteiger partial charge is 0.276 e. The van der Waals surface area contributed by atoms with Crippen LogP contribution >= 0.6 is 0 Å². The maximum atomic E-state index is 12.5. The molecular formula is C17H17N3O2. The van der Waals surface area contributed by atoms with E-state index in [1.807, 2.05) is 42.7 Å². The molecule has 3 aromatic rings. The Kier molecular flexibility index (Phi) is 2.99. The minimum Gasteiger partial charge on any atom is -0.497 e. The van der Waals surface area contributed by atoms with Gasteiger partial charge in [-0.05, 0) is 37.0 Å². The lowest BCUT2D eigenvalue weighted by molar-refractivity contribution is 0.415. The van der Waals surface area contributed by atoms with Crippen LogP contribution in [0.5, 0.6) is 5.75 Å². The van der Waals surface area contributed by atoms with Gasteiger partial charge >= 0.3 is 0 Å². The molecule has 0 spiro atoms. The summed E-state index contributed by atoms with van der Waals surface area (Å²) in [6.07, 6.45) is 6.14. The fraction of sp³-hybridized carbons (Fsp3) is 0.294. The number of methoxy groups -OCH3 is 1. The summed E-state index contributed by atoms with van der Waals surface area (Å²) in [6.45, 7) is 0.814. The molecule has 0 bridgehead atoms. The van der Waals surface area contributed by atoms with E-state index in [0.717, 1.165) is 23.6 Å². The zero-order valence-corrected chi connectivity index (χ0v) is 12.4. The molecule has 0 unspecified atom stereocenters. The van der Waals surface area contributed by atoms with Crippen molar-refractivity contribution in [2.75, 3.05) is 7.11 Å². The molecule has 1 fully saturated rings. The standard InChI is InChI=1S/C17H17N3O2/c1-22-14-4-2-3-13(9-14)15-10-16-17(21)19(11-12-5-6-12)7-8-20(16)18-15/h2-4,7-10,12H,5-6,11H2,1H3. The van der Waals surface area contributed by atoms with Gasteiger partial charge in [-0.25, -0.2) is 4.52 Å². The lowest BCUT2D eigenvalue weighted by Crippen LogP contribution is -2.22. The van der Waals surface area contributed by atoms with E-state index in [1.165, 1.54) is 12.8 Å². The topological polar surface area (TPSA) is 48.5 Å². The molecule has 0 atom stereocenters. The van der Waals surface area contributed by atoms with E-state index in [0.29, 0.717) is 11.4 Å². The van der Waals surface area contributed by atoms with Crippen molar-refractivity contribution < 1.29 is 4.74 Å². The average molecular weight is 295 g/mol. The molecule has 2 aromatic heterocycles. The van der Waals surface area contributed by atoms with Crippen molar-refractivity contribution >= 4 is 5.52 Å². The zero-order chi connectivity index (χ0) is 15.1. The predicted molar refractivity (Wildman–Crippen MR) is 84.2 cm³/mol. The fourth-order valence-electron chi connectivity index (χ4n) is 2.67. The normalized spacial score (nSPS) is 14.4. The lowest BCUT2D eigenvalue weighted by atomic mass is 10.1. The van der Waals surface area contributed by atoms with Crippen LogP contribution < -0.4 is 10.3 Å². The number of aromatic nitrogens is 3. The van der Waals surface area contributed by atoms with E-state index in [4.69, 9.17) is 4.74 Å². The number of nitrogens with zero attached hydrogens (tertiary/aromatic N) is 3. The number of hydrogen-bond acceptors (Lipinski definition) is 3. The van der Waals surface area contributed by atoms with Gasteiger partial charge in [0.1, 0.15) is 11.3 Å². The van der Waals surface area contributed by atoms with E-state index >= 15 is 0 Å². The molecule has 1 aromatic carbocycles. The molecular weight excluding hydrogens is 278 g/mol. The molecule has 2 heterocycles. The first-order valence-corrected chi connectivity index (χ1v) is 7.48. The first-order chi connectivity index (χ1) is 10.7. The number of ether oxygens (including phenoxy) is 1. The van der Waals surface area contributed by atoms with Gasteiger partial charge in [0.15, 0.2) is 0 Å². The van der Waals surface area contributed by atoms with Crippen LogP contribution in [0.1, 0.15) is 12.8 Å². The van der Waals surface area contributed by atoms with Crippen LogP contribution in [-0.4, -0.2) is 21.3 Å². The Hall–Kier alpha value is -2.56. The van der Waals surface area contributed by atoms with Crippen LogP contribution in [0.2, 0.25) is 0 Å². The van der Waals surface area contributed by atoms with Crippen LogP contribution in [0.15, 0.2) is 47.5 Å². The molecule has 4 rings (SSSR count). The maximum Gasteiger partial charge on any atom is 0.276 e. The SMILES string of the molecule is COc1cccc(-c2cc3c(=O)n(CC4CC4)ccn3n2)c1. The van der Waals surface area contributed by atoms with Crippen molar-refractivity contribution in [3.8, 4) is 17.0 Å². The van der Waals surface area contributed by atoms with Crippen molar-refractivity contribution in [1.82, 2.24) is 14.2 Å². The molecule has 112 valence electrons. The third-order valence-corrected chi connectivity index (χ3v) is 4.12. The van der Waals surface area contributed by atoms with Crippen molar-refractivity contribution in [2.24, 2.45) is 5.92 Å². The highest BCUT2D eigenvalue weighted by Crippen LogP contribution is 2.30. The summed E-state index contributed by atoms with van der Waals surface area (Å²) in [6, 6.07) is 9.55. The van der Waals surface area contributed by atoms with Crippen molar-refractivity contribution in [1.29, 1.82) is 0 Å². The van der Waals surface area contributed by atoms with Gasteiger partial charge in [-0.1, -0.05) is 12.1 Å². The summed E-state index contributed by atoms with van der Waals surface area (Å²) in [5.41, 5.74) is 2.35. The molecule has 0 N–H and O–H groups in total. The van der Waals surface area contributed by atoms with Crippen molar-refractivity contribution in [2.45, 2.75) is 19.4 Å². The summed E-state index contributed by atoms with van der Waals surface area (Å²) in [4.78, 5) is 12.5. The second-order valence-corrected chi connectivity index (χ2v) is 5.79. The van der Waals surface area contributed by atoms with Gasteiger partial charge in [-0.15, -0.1) is 0 Å². The number of hydrogen-bond donors (Lipinski definition) is 0. The molecule has 22 heavy (non-hydrogen) atoms. The molecule has 1 aliphatic carbocycles. The number of benzene rings is 1. The quantitative estimate of drug-likeness (QED) is 0.743. The first kappa shape index (κ1) is 13.1. The van der Waals surface area contributed by atoms with E-state index in [9.17, 15) is 4.79 Å². The van der Waals surface area contributed by atoms with Crippen LogP contribution in [-0.2, 0) is 6.54 Å². The van der Waals surface area contributed by atoms with E-state index in [1.54, 1.807) is 16.2 Å². The first-order valence-electron chi connectivity index (χ1n) is 7.48. The minimum atomic E-state index is 0.0241. The molecule has 1 aliphatic rings. The molecule has 0 amide bonds. The summed E-state index contributed by atoms with van der Waals surface area (Å²) in [5.74, 6) is 1.45. The van der Waals surface area contributed by atoms with Gasteiger partial charge in [0.05, 0.1) is 12.8 Å². The number of rotatable bonds is 4. The Morgan fingerprint density at radius 3 is 2.91 bits per heavy atom. The summed E-state index contributed by atoms with van der Waals surface area (Å²) in [5, 5.41) is 4.50. The Labute approximate surface area is 127 Å². The minimum absolute atomic E-state index is 0.0241. The Morgan fingerprint density at radius 2 is 2.14 bits per heavy atom. The van der Waals surface area contributed by atoms with Gasteiger partial charge in [0, 0.05) is 24.5 Å². The molecule has 0 radical (unpaired) electrons. The number of fused-ring (bicyclic) bond motifs is 1. The van der Waals surface area contributed by atoms with Gasteiger partial charge < -0.3 is 9.30 Å². The molecule has 1 saturated carbocycles. The van der Waals surface area contributed by atoms with Gasteiger partial charge in [-0.2, -0.15) is 5.10 Å². The largest absolute Gasteiger partial charge is 0.497 e. The Balaban J connectivity index is 1.79. The summed E-state index contributed by atoms with van der Waals surface area (Å²) in [7, 11) is 1.64. The Morgan fingerprint density at radius 1 is 1.27 bits per heavy atom. The van der Waals surface area contributed by atoms with Crippen LogP contribution in [0.4, 0.5) is 0 Å². The second kappa shape index (κ2) is 5.02. The maximum absolute atomic E-state index is 12.5. The monoisotopic (exact) mass is 295 g/mol. The van der Waals surface area contributed by atoms with Crippen molar-refractivity contribution in [3.63, 3.8) is 0 Å². The molecule has 5 nitrogen and oxygen atoms in total. The highest BCUT2D eigenvalue weighted by atomic mass is 16.5. The molecule has 5 heteroatoms. The molecule has 0 aliphatic heterocycles. The van der Waals surface area contributed by atoms with Gasteiger partial charge in [0.25, 0.3) is 5.56 Å². The highest BCUT2D eigenvalue weighted by molar-refractivity contribution is 5.66. The average Bonchev–Trinajstić information content (AvgIpc) is 3.25. The fourth-order valence-corrected chi connectivity index (χ4v) is 2.67. The molecule has 0 saturated heterocycles. The Bertz CT molecular complexity index is 890. The van der Waals surface area contributed by atoms with E-state index in [2.05, 4.69) is 5.10 Å². The summed E-state index contributed by atoms with van der Waals surface area (Å²) < 4.78 is 8.69. The highest BCUT2D eigenvalue weighted by Gasteiger charge is 2.22. The summed E-state index contributed by atoms with van der Waals surface area (Å²) >= 11 is 0. The van der Waals surface area contributed by atoms with Gasteiger partial charge in [-0.3, -0.25) is 4.79 Å². The van der Waals surface area contributed by atoms with Crippen LogP contribution in [0.3, 0.4) is 0 Å². The zero-order valence-electron chi connectivity index (χ0n) is 12.4. The van der Waals surface area contributed by atoms with Crippen molar-refractivity contribution in [3.05, 3.63) is 53.1 Å². The van der Waals surface area contributed by atoms with Crippen LogP contribution in [0.25, 0.3) is 16.8 Å². The van der Waals surface area contributed by atoms with E-state index in [-0.39, 0.29) is 5.56 Å². The van der Waals surface area contributed by atoms with E-state index < -0.39 is 0 Å². The predicted octanol–water partition coefficient (Wildman–Crippen LogP) is 2.58. The van der Waals surface area contributed by atoms with Gasteiger partial charge in [0.2, 0.25) is 0 Å².